The molecule has 3 unspecified atom stereocenters. The van der Waals surface area contributed by atoms with Crippen LogP contribution in [0.5, 0.6) is 0 Å². The van der Waals surface area contributed by atoms with Crippen LogP contribution < -0.4 is 11.6 Å². The molecule has 1 aliphatic heterocycles. The first-order valence-electron chi connectivity index (χ1n) is 7.42. The lowest BCUT2D eigenvalue weighted by molar-refractivity contribution is -0.0940. The second-order valence-corrected chi connectivity index (χ2v) is 5.94. The van der Waals surface area contributed by atoms with E-state index in [9.17, 15) is 10.2 Å². The van der Waals surface area contributed by atoms with Crippen molar-refractivity contribution in [1.29, 1.82) is 0 Å². The van der Waals surface area contributed by atoms with Crippen LogP contribution in [0.25, 0.3) is 11.0 Å². The van der Waals surface area contributed by atoms with Gasteiger partial charge in [-0.2, -0.15) is 5.10 Å². The van der Waals surface area contributed by atoms with Gasteiger partial charge in [0.15, 0.2) is 6.23 Å². The van der Waals surface area contributed by atoms with Gasteiger partial charge in [0.2, 0.25) is 0 Å². The number of hydrogen-bond donors (Lipinski definition) is 5. The maximum atomic E-state index is 10.7. The van der Waals surface area contributed by atoms with Crippen molar-refractivity contribution in [2.75, 3.05) is 12.3 Å². The molecule has 1 fully saturated rings. The summed E-state index contributed by atoms with van der Waals surface area (Å²) in [5, 5.41) is 34.2. The summed E-state index contributed by atoms with van der Waals surface area (Å²) < 4.78 is 7.34. The van der Waals surface area contributed by atoms with Gasteiger partial charge in [0, 0.05) is 18.4 Å². The maximum Gasteiger partial charge on any atom is 0.166 e. The highest BCUT2D eigenvalue weighted by atomic mass is 16.6. The number of aliphatic hydroxyl groups is 3. The first-order chi connectivity index (χ1) is 11.4. The van der Waals surface area contributed by atoms with E-state index in [-0.39, 0.29) is 18.8 Å². The number of hydrogen-bond acceptors (Lipinski definition) is 9. The summed E-state index contributed by atoms with van der Waals surface area (Å²) in [7, 11) is 0. The van der Waals surface area contributed by atoms with E-state index in [1.54, 1.807) is 10.8 Å². The molecule has 1 aliphatic rings. The molecule has 0 aliphatic carbocycles. The van der Waals surface area contributed by atoms with Crippen LogP contribution in [-0.2, 0) is 4.74 Å². The van der Waals surface area contributed by atoms with Gasteiger partial charge in [-0.05, 0) is 13.3 Å². The van der Waals surface area contributed by atoms with E-state index in [1.165, 1.54) is 19.5 Å². The molecule has 3 heterocycles. The number of aliphatic hydroxyl groups excluding tert-OH is 2. The minimum absolute atomic E-state index is 0.169. The Balaban J connectivity index is 2.14. The minimum Gasteiger partial charge on any atom is -0.396 e. The van der Waals surface area contributed by atoms with Crippen LogP contribution in [0.2, 0.25) is 0 Å². The Bertz CT molecular complexity index is 774. The smallest absolute Gasteiger partial charge is 0.166 e. The largest absolute Gasteiger partial charge is 0.396 e. The summed E-state index contributed by atoms with van der Waals surface area (Å²) >= 11 is 0. The molecule has 3 rings (SSSR count). The van der Waals surface area contributed by atoms with Crippen LogP contribution in [0, 0.1) is 0 Å². The monoisotopic (exact) mass is 336 g/mol. The zero-order valence-corrected chi connectivity index (χ0v) is 13.1. The molecule has 0 aromatic carbocycles. The van der Waals surface area contributed by atoms with Crippen molar-refractivity contribution in [2.24, 2.45) is 10.9 Å². The molecule has 0 spiro atoms. The van der Waals surface area contributed by atoms with Gasteiger partial charge in [-0.25, -0.2) is 9.97 Å². The Morgan fingerprint density at radius 2 is 2.25 bits per heavy atom. The second-order valence-electron chi connectivity index (χ2n) is 5.94. The first-order valence-corrected chi connectivity index (χ1v) is 7.42. The van der Waals surface area contributed by atoms with Gasteiger partial charge < -0.3 is 36.2 Å². The number of nitrogens with two attached hydrogens (primary N) is 2. The fourth-order valence-corrected chi connectivity index (χ4v) is 3.10. The molecule has 0 saturated carbocycles. The minimum atomic E-state index is -1.59. The summed E-state index contributed by atoms with van der Waals surface area (Å²) in [6.45, 7) is 1.30. The highest BCUT2D eigenvalue weighted by Crippen LogP contribution is 2.41. The van der Waals surface area contributed by atoms with Crippen molar-refractivity contribution in [3.63, 3.8) is 0 Å². The number of ether oxygens (including phenoxy) is 1. The van der Waals surface area contributed by atoms with Crippen LogP contribution >= 0.6 is 0 Å². The standard InChI is InChI=1S/C14H20N6O4/c1-14(23)10(22)8(2-3-21)24-13(14)20-5-7(4-19-16)9-11(15)17-6-18-12(9)20/h4-6,8,10,13,21-23H,2-3,16H2,1H3,(H2,15,17,18)/b19-4+/t8?,10?,13?,14-/m1/s1. The topological polar surface area (TPSA) is 165 Å². The van der Waals surface area contributed by atoms with Crippen molar-refractivity contribution in [1.82, 2.24) is 14.5 Å². The van der Waals surface area contributed by atoms with Crippen molar-refractivity contribution >= 4 is 23.1 Å². The fraction of sp³-hybridized carbons (Fsp3) is 0.500. The molecular weight excluding hydrogens is 316 g/mol. The molecular formula is C14H20N6O4. The van der Waals surface area contributed by atoms with E-state index in [2.05, 4.69) is 15.1 Å². The number of nitrogens with zero attached hydrogens (tertiary/aromatic N) is 4. The molecule has 0 bridgehead atoms. The third-order valence-corrected chi connectivity index (χ3v) is 4.30. The number of rotatable bonds is 4. The second kappa shape index (κ2) is 5.98. The molecule has 24 heavy (non-hydrogen) atoms. The Kier molecular flexibility index (Phi) is 4.13. The van der Waals surface area contributed by atoms with Crippen molar-refractivity contribution < 1.29 is 20.1 Å². The summed E-state index contributed by atoms with van der Waals surface area (Å²) in [5.41, 5.74) is 5.30. The molecule has 7 N–H and O–H groups in total. The summed E-state index contributed by atoms with van der Waals surface area (Å²) in [6.07, 6.45) is 1.70. The molecule has 1 saturated heterocycles. The van der Waals surface area contributed by atoms with Gasteiger partial charge in [-0.3, -0.25) is 0 Å². The van der Waals surface area contributed by atoms with Gasteiger partial charge in [0.05, 0.1) is 17.7 Å². The third-order valence-electron chi connectivity index (χ3n) is 4.30. The lowest BCUT2D eigenvalue weighted by Gasteiger charge is -2.27. The molecule has 130 valence electrons. The summed E-state index contributed by atoms with van der Waals surface area (Å²) in [5.74, 6) is 5.47. The van der Waals surface area contributed by atoms with Gasteiger partial charge in [-0.15, -0.1) is 0 Å². The SMILES string of the molecule is C[C@@]1(O)C(O)C(CCO)OC1n1cc(/C=N/N)c2c(N)ncnc21. The lowest BCUT2D eigenvalue weighted by Crippen LogP contribution is -2.43. The van der Waals surface area contributed by atoms with E-state index < -0.39 is 24.0 Å². The van der Waals surface area contributed by atoms with Gasteiger partial charge in [0.25, 0.3) is 0 Å². The Hall–Kier alpha value is -2.27. The summed E-state index contributed by atoms with van der Waals surface area (Å²) in [6, 6.07) is 0. The van der Waals surface area contributed by atoms with Crippen molar-refractivity contribution in [3.8, 4) is 0 Å². The van der Waals surface area contributed by atoms with E-state index in [0.29, 0.717) is 16.6 Å². The normalized spacial score (nSPS) is 30.6. The quantitative estimate of drug-likeness (QED) is 0.261. The zero-order valence-electron chi connectivity index (χ0n) is 13.1. The number of nitrogen functional groups attached to an aromatic ring is 1. The number of aromatic nitrogens is 3. The molecule has 10 heteroatoms. The maximum absolute atomic E-state index is 10.7. The van der Waals surface area contributed by atoms with Crippen LogP contribution in [0.4, 0.5) is 5.82 Å². The molecule has 0 radical (unpaired) electrons. The first kappa shape index (κ1) is 16.6. The number of anilines is 1. The number of hydrazone groups is 1. The van der Waals surface area contributed by atoms with Gasteiger partial charge in [-0.1, -0.05) is 0 Å². The van der Waals surface area contributed by atoms with Crippen LogP contribution in [0.3, 0.4) is 0 Å². The zero-order chi connectivity index (χ0) is 17.5. The van der Waals surface area contributed by atoms with Gasteiger partial charge >= 0.3 is 0 Å². The molecule has 4 atom stereocenters. The number of fused-ring (bicyclic) bond motifs is 1. The van der Waals surface area contributed by atoms with E-state index in [4.69, 9.17) is 21.4 Å². The van der Waals surface area contributed by atoms with E-state index >= 15 is 0 Å². The molecule has 10 nitrogen and oxygen atoms in total. The average Bonchev–Trinajstić information content (AvgIpc) is 3.00. The summed E-state index contributed by atoms with van der Waals surface area (Å²) in [4.78, 5) is 8.15. The predicted octanol–water partition coefficient (Wildman–Crippen LogP) is -1.30. The van der Waals surface area contributed by atoms with E-state index in [1.807, 2.05) is 0 Å². The highest BCUT2D eigenvalue weighted by Gasteiger charge is 2.53. The molecule has 0 amide bonds. The van der Waals surface area contributed by atoms with Crippen LogP contribution in [-0.4, -0.2) is 60.5 Å². The van der Waals surface area contributed by atoms with Crippen molar-refractivity contribution in [3.05, 3.63) is 18.1 Å². The Labute approximate surface area is 137 Å². The van der Waals surface area contributed by atoms with Crippen LogP contribution in [0.1, 0.15) is 25.1 Å². The van der Waals surface area contributed by atoms with E-state index in [0.717, 1.165) is 0 Å². The highest BCUT2D eigenvalue weighted by molar-refractivity contribution is 6.02. The molecule has 2 aromatic heterocycles. The fourth-order valence-electron chi connectivity index (χ4n) is 3.10. The Morgan fingerprint density at radius 1 is 1.50 bits per heavy atom. The predicted molar refractivity (Wildman–Crippen MR) is 86.0 cm³/mol. The third kappa shape index (κ3) is 2.40. The van der Waals surface area contributed by atoms with Crippen molar-refractivity contribution in [2.45, 2.75) is 37.4 Å². The van der Waals surface area contributed by atoms with Crippen LogP contribution in [0.15, 0.2) is 17.6 Å². The van der Waals surface area contributed by atoms with Gasteiger partial charge in [0.1, 0.15) is 29.5 Å². The molecule has 2 aromatic rings. The lowest BCUT2D eigenvalue weighted by atomic mass is 9.95. The average molecular weight is 336 g/mol. The Morgan fingerprint density at radius 3 is 2.92 bits per heavy atom.